The molecule has 0 bridgehead atoms. The van der Waals surface area contributed by atoms with Gasteiger partial charge < -0.3 is 15.3 Å². The normalized spacial score (nSPS) is 13.9. The summed E-state index contributed by atoms with van der Waals surface area (Å²) in [6.45, 7) is -0.172. The van der Waals surface area contributed by atoms with E-state index in [4.69, 9.17) is 5.11 Å². The number of benzene rings is 1. The van der Waals surface area contributed by atoms with Gasteiger partial charge in [-0.1, -0.05) is 0 Å². The first-order valence-corrected chi connectivity index (χ1v) is 6.18. The van der Waals surface area contributed by atoms with Crippen LogP contribution in [0.5, 0.6) is 0 Å². The van der Waals surface area contributed by atoms with E-state index in [-0.39, 0.29) is 11.6 Å². The number of carboxylic acid groups (broad SMARTS) is 1. The maximum atomic E-state index is 13.4. The highest BCUT2D eigenvalue weighted by Gasteiger charge is 2.28. The summed E-state index contributed by atoms with van der Waals surface area (Å²) in [4.78, 5) is 23.8. The Balaban J connectivity index is 2.06. The molecular weight excluding hydrogens is 270 g/mol. The van der Waals surface area contributed by atoms with Crippen LogP contribution in [-0.2, 0) is 4.79 Å². The Hall–Kier alpha value is -2.18. The fourth-order valence-corrected chi connectivity index (χ4v) is 1.78. The minimum absolute atomic E-state index is 0.289. The molecule has 0 radical (unpaired) electrons. The standard InChI is InChI=1S/C13H14F2N2O3/c14-9-3-4-10(15)11(5-9)16-13(20)17(7-12(18)19)6-8-1-2-8/h3-5,8H,1-2,6-7H2,(H,16,20)(H,18,19). The average molecular weight is 284 g/mol. The SMILES string of the molecule is O=C(O)CN(CC1CC1)C(=O)Nc1cc(F)ccc1F. The molecule has 2 amide bonds. The molecular formula is C13H14F2N2O3. The molecule has 7 heteroatoms. The van der Waals surface area contributed by atoms with Gasteiger partial charge in [0.15, 0.2) is 0 Å². The van der Waals surface area contributed by atoms with Gasteiger partial charge in [0.25, 0.3) is 0 Å². The third kappa shape index (κ3) is 3.91. The van der Waals surface area contributed by atoms with Crippen LogP contribution in [-0.4, -0.2) is 35.1 Å². The summed E-state index contributed by atoms with van der Waals surface area (Å²) in [7, 11) is 0. The minimum atomic E-state index is -1.15. The molecule has 2 N–H and O–H groups in total. The number of hydrogen-bond donors (Lipinski definition) is 2. The molecule has 1 aliphatic carbocycles. The van der Waals surface area contributed by atoms with E-state index in [1.165, 1.54) is 0 Å². The maximum Gasteiger partial charge on any atom is 0.323 e. The lowest BCUT2D eigenvalue weighted by atomic mass is 10.3. The molecule has 1 aliphatic rings. The van der Waals surface area contributed by atoms with E-state index in [9.17, 15) is 18.4 Å². The molecule has 108 valence electrons. The average Bonchev–Trinajstić information content (AvgIpc) is 3.16. The summed E-state index contributed by atoms with van der Waals surface area (Å²) in [6.07, 6.45) is 1.88. The number of anilines is 1. The number of carbonyl (C=O) groups is 2. The van der Waals surface area contributed by atoms with Crippen molar-refractivity contribution in [1.29, 1.82) is 0 Å². The zero-order valence-electron chi connectivity index (χ0n) is 10.6. The zero-order valence-corrected chi connectivity index (χ0v) is 10.6. The molecule has 0 saturated heterocycles. The van der Waals surface area contributed by atoms with E-state index in [0.29, 0.717) is 6.54 Å². The summed E-state index contributed by atoms with van der Waals surface area (Å²) >= 11 is 0. The van der Waals surface area contributed by atoms with Gasteiger partial charge in [0.1, 0.15) is 18.2 Å². The predicted octanol–water partition coefficient (Wildman–Crippen LogP) is 2.29. The van der Waals surface area contributed by atoms with Crippen molar-refractivity contribution in [2.75, 3.05) is 18.4 Å². The predicted molar refractivity (Wildman–Crippen MR) is 67.3 cm³/mol. The second-order valence-electron chi connectivity index (χ2n) is 4.77. The third-order valence-electron chi connectivity index (χ3n) is 2.96. The van der Waals surface area contributed by atoms with E-state index in [1.54, 1.807) is 0 Å². The number of rotatable bonds is 5. The number of carboxylic acids is 1. The summed E-state index contributed by atoms with van der Waals surface area (Å²) in [5.41, 5.74) is -0.304. The van der Waals surface area contributed by atoms with E-state index < -0.39 is 30.2 Å². The van der Waals surface area contributed by atoms with Gasteiger partial charge in [-0.15, -0.1) is 0 Å². The van der Waals surface area contributed by atoms with E-state index in [2.05, 4.69) is 5.32 Å². The molecule has 1 fully saturated rings. The highest BCUT2D eigenvalue weighted by molar-refractivity contribution is 5.91. The first kappa shape index (κ1) is 14.2. The van der Waals surface area contributed by atoms with Crippen LogP contribution in [0, 0.1) is 17.6 Å². The van der Waals surface area contributed by atoms with Crippen molar-refractivity contribution in [3.05, 3.63) is 29.8 Å². The van der Waals surface area contributed by atoms with Crippen LogP contribution in [0.25, 0.3) is 0 Å². The number of nitrogens with one attached hydrogen (secondary N) is 1. The second kappa shape index (κ2) is 5.85. The minimum Gasteiger partial charge on any atom is -0.480 e. The van der Waals surface area contributed by atoms with Crippen molar-refractivity contribution in [3.8, 4) is 0 Å². The van der Waals surface area contributed by atoms with Gasteiger partial charge in [-0.05, 0) is 30.9 Å². The molecule has 1 saturated carbocycles. The molecule has 0 unspecified atom stereocenters. The number of amides is 2. The Morgan fingerprint density at radius 2 is 2.05 bits per heavy atom. The molecule has 0 aliphatic heterocycles. The Labute approximate surface area is 114 Å². The number of urea groups is 1. The van der Waals surface area contributed by atoms with Crippen LogP contribution < -0.4 is 5.32 Å². The highest BCUT2D eigenvalue weighted by Crippen LogP contribution is 2.30. The van der Waals surface area contributed by atoms with Gasteiger partial charge in [0.05, 0.1) is 5.69 Å². The van der Waals surface area contributed by atoms with Crippen molar-refractivity contribution in [2.24, 2.45) is 5.92 Å². The van der Waals surface area contributed by atoms with Crippen molar-refractivity contribution in [1.82, 2.24) is 4.90 Å². The van der Waals surface area contributed by atoms with Gasteiger partial charge in [-0.3, -0.25) is 4.79 Å². The van der Waals surface area contributed by atoms with Crippen LogP contribution >= 0.6 is 0 Å². The molecule has 0 heterocycles. The molecule has 0 atom stereocenters. The summed E-state index contributed by atoms with van der Waals surface area (Å²) in [5, 5.41) is 11.0. The van der Waals surface area contributed by atoms with Gasteiger partial charge >= 0.3 is 12.0 Å². The number of aliphatic carboxylic acids is 1. The quantitative estimate of drug-likeness (QED) is 0.871. The molecule has 2 rings (SSSR count). The summed E-state index contributed by atoms with van der Waals surface area (Å²) in [5.74, 6) is -2.33. The van der Waals surface area contributed by atoms with Crippen molar-refractivity contribution in [3.63, 3.8) is 0 Å². The second-order valence-corrected chi connectivity index (χ2v) is 4.77. The van der Waals surface area contributed by atoms with Gasteiger partial charge in [-0.2, -0.15) is 0 Å². The number of halogens is 2. The number of hydrogen-bond acceptors (Lipinski definition) is 2. The Bertz CT molecular complexity index is 532. The van der Waals surface area contributed by atoms with E-state index in [0.717, 1.165) is 35.9 Å². The van der Waals surface area contributed by atoms with Crippen molar-refractivity contribution < 1.29 is 23.5 Å². The molecule has 20 heavy (non-hydrogen) atoms. The van der Waals surface area contributed by atoms with Crippen LogP contribution in [0.15, 0.2) is 18.2 Å². The van der Waals surface area contributed by atoms with Crippen LogP contribution in [0.1, 0.15) is 12.8 Å². The lowest BCUT2D eigenvalue weighted by Crippen LogP contribution is -2.40. The first-order chi connectivity index (χ1) is 9.45. The number of carbonyl (C=O) groups excluding carboxylic acids is 1. The van der Waals surface area contributed by atoms with Gasteiger partial charge in [-0.25, -0.2) is 13.6 Å². The molecule has 1 aromatic carbocycles. The topological polar surface area (TPSA) is 69.6 Å². The van der Waals surface area contributed by atoms with Crippen LogP contribution in [0.2, 0.25) is 0 Å². The molecule has 0 spiro atoms. The Morgan fingerprint density at radius 3 is 2.65 bits per heavy atom. The van der Waals surface area contributed by atoms with Gasteiger partial charge in [0, 0.05) is 12.6 Å². The maximum absolute atomic E-state index is 13.4. The largest absolute Gasteiger partial charge is 0.480 e. The fraction of sp³-hybridized carbons (Fsp3) is 0.385. The highest BCUT2D eigenvalue weighted by atomic mass is 19.1. The Morgan fingerprint density at radius 1 is 1.35 bits per heavy atom. The lowest BCUT2D eigenvalue weighted by molar-refractivity contribution is -0.137. The van der Waals surface area contributed by atoms with E-state index in [1.807, 2.05) is 0 Å². The summed E-state index contributed by atoms with van der Waals surface area (Å²) in [6, 6.07) is 1.93. The zero-order chi connectivity index (χ0) is 14.7. The van der Waals surface area contributed by atoms with Crippen molar-refractivity contribution in [2.45, 2.75) is 12.8 Å². The summed E-state index contributed by atoms with van der Waals surface area (Å²) < 4.78 is 26.4. The van der Waals surface area contributed by atoms with Crippen LogP contribution in [0.3, 0.4) is 0 Å². The third-order valence-corrected chi connectivity index (χ3v) is 2.96. The first-order valence-electron chi connectivity index (χ1n) is 6.18. The number of nitrogens with zero attached hydrogens (tertiary/aromatic N) is 1. The molecule has 5 nitrogen and oxygen atoms in total. The smallest absolute Gasteiger partial charge is 0.323 e. The monoisotopic (exact) mass is 284 g/mol. The van der Waals surface area contributed by atoms with E-state index >= 15 is 0 Å². The molecule has 1 aromatic rings. The Kier molecular flexibility index (Phi) is 4.16. The molecule has 0 aromatic heterocycles. The van der Waals surface area contributed by atoms with Gasteiger partial charge in [0.2, 0.25) is 0 Å². The lowest BCUT2D eigenvalue weighted by Gasteiger charge is -2.21. The van der Waals surface area contributed by atoms with Crippen molar-refractivity contribution >= 4 is 17.7 Å². The van der Waals surface area contributed by atoms with Crippen LogP contribution in [0.4, 0.5) is 19.3 Å². The fourth-order valence-electron chi connectivity index (χ4n) is 1.78.